The quantitative estimate of drug-likeness (QED) is 0.887. The summed E-state index contributed by atoms with van der Waals surface area (Å²) in [4.78, 5) is 4.06. The Bertz CT molecular complexity index is 513. The Morgan fingerprint density at radius 2 is 2.12 bits per heavy atom. The van der Waals surface area contributed by atoms with Crippen LogP contribution in [0.25, 0.3) is 11.4 Å². The number of nitrogens with one attached hydrogen (secondary N) is 1. The van der Waals surface area contributed by atoms with Gasteiger partial charge >= 0.3 is 0 Å². The highest BCUT2D eigenvalue weighted by atomic mass is 19.2. The average molecular weight is 239 g/mol. The van der Waals surface area contributed by atoms with Gasteiger partial charge in [-0.25, -0.2) is 8.78 Å². The van der Waals surface area contributed by atoms with Gasteiger partial charge in [0.25, 0.3) is 0 Å². The zero-order chi connectivity index (χ0) is 12.3. The van der Waals surface area contributed by atoms with E-state index in [0.29, 0.717) is 18.0 Å². The lowest BCUT2D eigenvalue weighted by atomic mass is 10.2. The minimum atomic E-state index is -0.930. The molecule has 2 rings (SSSR count). The summed E-state index contributed by atoms with van der Waals surface area (Å²) in [6.07, 6.45) is 0. The first-order valence-corrected chi connectivity index (χ1v) is 5.19. The third-order valence-electron chi connectivity index (χ3n) is 2.17. The largest absolute Gasteiger partial charge is 0.338 e. The summed E-state index contributed by atoms with van der Waals surface area (Å²) in [5.41, 5.74) is 0.385. The Hall–Kier alpha value is -1.82. The fourth-order valence-electron chi connectivity index (χ4n) is 1.31. The van der Waals surface area contributed by atoms with Gasteiger partial charge in [-0.3, -0.25) is 0 Å². The molecule has 1 heterocycles. The second kappa shape index (κ2) is 5.01. The maximum atomic E-state index is 13.0. The molecule has 0 amide bonds. The summed E-state index contributed by atoms with van der Waals surface area (Å²) < 4.78 is 30.7. The van der Waals surface area contributed by atoms with Gasteiger partial charge in [0.1, 0.15) is 0 Å². The Labute approximate surface area is 96.6 Å². The molecule has 0 saturated heterocycles. The molecule has 0 bridgehead atoms. The minimum Gasteiger partial charge on any atom is -0.338 e. The molecule has 0 unspecified atom stereocenters. The van der Waals surface area contributed by atoms with E-state index in [4.69, 9.17) is 4.52 Å². The molecule has 17 heavy (non-hydrogen) atoms. The summed E-state index contributed by atoms with van der Waals surface area (Å²) in [5.74, 6) is -1.17. The number of aromatic nitrogens is 2. The van der Waals surface area contributed by atoms with Gasteiger partial charge in [-0.2, -0.15) is 4.98 Å². The van der Waals surface area contributed by atoms with Crippen LogP contribution in [-0.2, 0) is 6.54 Å². The lowest BCUT2D eigenvalue weighted by molar-refractivity contribution is 0.369. The molecule has 0 atom stereocenters. The second-order valence-electron chi connectivity index (χ2n) is 3.42. The van der Waals surface area contributed by atoms with Crippen LogP contribution in [0, 0.1) is 11.6 Å². The SMILES string of the molecule is CCNCc1nc(-c2ccc(F)c(F)c2)no1. The van der Waals surface area contributed by atoms with E-state index >= 15 is 0 Å². The molecule has 0 spiro atoms. The van der Waals surface area contributed by atoms with E-state index in [9.17, 15) is 8.78 Å². The Morgan fingerprint density at radius 1 is 1.29 bits per heavy atom. The predicted molar refractivity (Wildman–Crippen MR) is 57.0 cm³/mol. The maximum Gasteiger partial charge on any atom is 0.240 e. The van der Waals surface area contributed by atoms with Gasteiger partial charge in [0.05, 0.1) is 6.54 Å². The molecule has 6 heteroatoms. The zero-order valence-corrected chi connectivity index (χ0v) is 9.20. The van der Waals surface area contributed by atoms with E-state index in [1.807, 2.05) is 6.92 Å². The van der Waals surface area contributed by atoms with Crippen LogP contribution in [0.5, 0.6) is 0 Å². The number of rotatable bonds is 4. The van der Waals surface area contributed by atoms with Crippen molar-refractivity contribution in [1.82, 2.24) is 15.5 Å². The van der Waals surface area contributed by atoms with Crippen LogP contribution < -0.4 is 5.32 Å². The fraction of sp³-hybridized carbons (Fsp3) is 0.273. The molecule has 1 aromatic carbocycles. The molecule has 0 aliphatic heterocycles. The van der Waals surface area contributed by atoms with Gasteiger partial charge in [-0.15, -0.1) is 0 Å². The van der Waals surface area contributed by atoms with Gasteiger partial charge < -0.3 is 9.84 Å². The van der Waals surface area contributed by atoms with Crippen molar-refractivity contribution in [2.75, 3.05) is 6.54 Å². The average Bonchev–Trinajstić information content (AvgIpc) is 2.79. The third kappa shape index (κ3) is 2.65. The van der Waals surface area contributed by atoms with Crippen molar-refractivity contribution in [3.63, 3.8) is 0 Å². The van der Waals surface area contributed by atoms with Crippen molar-refractivity contribution in [1.29, 1.82) is 0 Å². The number of benzene rings is 1. The molecule has 0 aliphatic carbocycles. The summed E-state index contributed by atoms with van der Waals surface area (Å²) in [6, 6.07) is 3.47. The monoisotopic (exact) mass is 239 g/mol. The standard InChI is InChI=1S/C11H11F2N3O/c1-2-14-6-10-15-11(16-17-10)7-3-4-8(12)9(13)5-7/h3-5,14H,2,6H2,1H3. The lowest BCUT2D eigenvalue weighted by Crippen LogP contribution is -2.11. The van der Waals surface area contributed by atoms with E-state index in [1.54, 1.807) is 0 Å². The van der Waals surface area contributed by atoms with Crippen molar-refractivity contribution in [3.8, 4) is 11.4 Å². The molecular weight excluding hydrogens is 228 g/mol. The lowest BCUT2D eigenvalue weighted by Gasteiger charge is -1.95. The predicted octanol–water partition coefficient (Wildman–Crippen LogP) is 2.12. The minimum absolute atomic E-state index is 0.247. The van der Waals surface area contributed by atoms with Crippen LogP contribution in [0.15, 0.2) is 22.7 Å². The number of nitrogens with zero attached hydrogens (tertiary/aromatic N) is 2. The van der Waals surface area contributed by atoms with Gasteiger partial charge in [-0.05, 0) is 24.7 Å². The maximum absolute atomic E-state index is 13.0. The van der Waals surface area contributed by atoms with Crippen molar-refractivity contribution in [2.45, 2.75) is 13.5 Å². The molecule has 0 saturated carbocycles. The molecule has 0 aliphatic rings. The third-order valence-corrected chi connectivity index (χ3v) is 2.17. The van der Waals surface area contributed by atoms with Crippen LogP contribution in [0.3, 0.4) is 0 Å². The summed E-state index contributed by atoms with van der Waals surface area (Å²) >= 11 is 0. The normalized spacial score (nSPS) is 10.8. The summed E-state index contributed by atoms with van der Waals surface area (Å²) in [5, 5.41) is 6.71. The highest BCUT2D eigenvalue weighted by Gasteiger charge is 2.10. The molecule has 0 radical (unpaired) electrons. The van der Waals surface area contributed by atoms with E-state index in [2.05, 4.69) is 15.5 Å². The first kappa shape index (κ1) is 11.7. The first-order valence-electron chi connectivity index (χ1n) is 5.19. The van der Waals surface area contributed by atoms with Crippen LogP contribution in [0.2, 0.25) is 0 Å². The number of halogens is 2. The number of hydrogen-bond acceptors (Lipinski definition) is 4. The van der Waals surface area contributed by atoms with Gasteiger partial charge in [0, 0.05) is 5.56 Å². The Kier molecular flexibility index (Phi) is 3.43. The van der Waals surface area contributed by atoms with Crippen LogP contribution in [-0.4, -0.2) is 16.7 Å². The Balaban J connectivity index is 2.21. The van der Waals surface area contributed by atoms with E-state index in [0.717, 1.165) is 18.7 Å². The summed E-state index contributed by atoms with van der Waals surface area (Å²) in [6.45, 7) is 3.18. The van der Waals surface area contributed by atoms with Crippen molar-refractivity contribution in [3.05, 3.63) is 35.7 Å². The zero-order valence-electron chi connectivity index (χ0n) is 9.20. The second-order valence-corrected chi connectivity index (χ2v) is 3.42. The van der Waals surface area contributed by atoms with Gasteiger partial charge in [0.15, 0.2) is 11.6 Å². The van der Waals surface area contributed by atoms with Crippen LogP contribution in [0.4, 0.5) is 8.78 Å². The highest BCUT2D eigenvalue weighted by molar-refractivity contribution is 5.54. The van der Waals surface area contributed by atoms with Crippen LogP contribution >= 0.6 is 0 Å². The smallest absolute Gasteiger partial charge is 0.240 e. The molecule has 2 aromatic rings. The number of hydrogen-bond donors (Lipinski definition) is 1. The highest BCUT2D eigenvalue weighted by Crippen LogP contribution is 2.18. The van der Waals surface area contributed by atoms with Gasteiger partial charge in [-0.1, -0.05) is 12.1 Å². The van der Waals surface area contributed by atoms with E-state index in [-0.39, 0.29) is 5.82 Å². The van der Waals surface area contributed by atoms with Crippen LogP contribution in [0.1, 0.15) is 12.8 Å². The fourth-order valence-corrected chi connectivity index (χ4v) is 1.31. The summed E-state index contributed by atoms with van der Waals surface area (Å²) in [7, 11) is 0. The molecule has 4 nitrogen and oxygen atoms in total. The Morgan fingerprint density at radius 3 is 2.82 bits per heavy atom. The first-order chi connectivity index (χ1) is 8.20. The van der Waals surface area contributed by atoms with E-state index in [1.165, 1.54) is 6.07 Å². The molecule has 1 aromatic heterocycles. The molecule has 0 fully saturated rings. The van der Waals surface area contributed by atoms with Crippen molar-refractivity contribution < 1.29 is 13.3 Å². The molecule has 1 N–H and O–H groups in total. The molecule has 90 valence electrons. The van der Waals surface area contributed by atoms with Gasteiger partial charge in [0.2, 0.25) is 11.7 Å². The van der Waals surface area contributed by atoms with E-state index < -0.39 is 11.6 Å². The topological polar surface area (TPSA) is 51.0 Å². The van der Waals surface area contributed by atoms with Crippen molar-refractivity contribution >= 4 is 0 Å². The molecular formula is C11H11F2N3O. The van der Waals surface area contributed by atoms with Crippen molar-refractivity contribution in [2.24, 2.45) is 0 Å².